The Morgan fingerprint density at radius 1 is 1.19 bits per heavy atom. The highest BCUT2D eigenvalue weighted by Crippen LogP contribution is 2.21. The molecule has 26 heavy (non-hydrogen) atoms. The molecule has 0 N–H and O–H groups in total. The van der Waals surface area contributed by atoms with E-state index < -0.39 is 0 Å². The van der Waals surface area contributed by atoms with E-state index in [2.05, 4.69) is 54.9 Å². The van der Waals surface area contributed by atoms with Crippen LogP contribution in [-0.2, 0) is 12.1 Å². The topological polar surface area (TPSA) is 54.3 Å². The number of carbonyl (C=O) groups is 1. The Morgan fingerprint density at radius 3 is 2.42 bits per heavy atom. The average Bonchev–Trinajstić information content (AvgIpc) is 3.11. The van der Waals surface area contributed by atoms with Crippen molar-refractivity contribution in [1.82, 2.24) is 24.6 Å². The Kier molecular flexibility index (Phi) is 5.41. The van der Waals surface area contributed by atoms with Crippen molar-refractivity contribution in [3.63, 3.8) is 0 Å². The fourth-order valence-electron chi connectivity index (χ4n) is 3.27. The standard InChI is InChI=1S/C20H29N5O/c1-20(2,3)25-15-21-18(22-25)19(26)24(14-16-8-6-5-7-9-16)17-10-12-23(4)13-11-17/h5-9,15,17H,10-14H2,1-4H3. The van der Waals surface area contributed by atoms with Gasteiger partial charge in [-0.2, -0.15) is 0 Å². The summed E-state index contributed by atoms with van der Waals surface area (Å²) < 4.78 is 1.76. The highest BCUT2D eigenvalue weighted by atomic mass is 16.2. The molecule has 1 fully saturated rings. The number of amides is 1. The van der Waals surface area contributed by atoms with Gasteiger partial charge in [-0.3, -0.25) is 4.79 Å². The van der Waals surface area contributed by atoms with Crippen molar-refractivity contribution in [3.8, 4) is 0 Å². The molecular formula is C20H29N5O. The second kappa shape index (κ2) is 7.58. The van der Waals surface area contributed by atoms with Gasteiger partial charge in [-0.05, 0) is 59.3 Å². The number of benzene rings is 1. The summed E-state index contributed by atoms with van der Waals surface area (Å²) in [6.07, 6.45) is 3.62. The number of hydrogen-bond donors (Lipinski definition) is 0. The normalized spacial score (nSPS) is 16.6. The molecule has 0 bridgehead atoms. The number of rotatable bonds is 4. The van der Waals surface area contributed by atoms with E-state index in [9.17, 15) is 4.79 Å². The first-order valence-corrected chi connectivity index (χ1v) is 9.30. The van der Waals surface area contributed by atoms with Gasteiger partial charge in [0.05, 0.1) is 5.54 Å². The lowest BCUT2D eigenvalue weighted by atomic mass is 10.0. The molecule has 0 spiro atoms. The maximum atomic E-state index is 13.2. The van der Waals surface area contributed by atoms with Crippen LogP contribution in [0.3, 0.4) is 0 Å². The molecule has 0 saturated carbocycles. The van der Waals surface area contributed by atoms with E-state index in [1.54, 1.807) is 11.0 Å². The third-order valence-electron chi connectivity index (χ3n) is 4.96. The van der Waals surface area contributed by atoms with Crippen LogP contribution >= 0.6 is 0 Å². The first kappa shape index (κ1) is 18.6. The first-order chi connectivity index (χ1) is 12.3. The van der Waals surface area contributed by atoms with E-state index in [4.69, 9.17) is 0 Å². The zero-order valence-electron chi connectivity index (χ0n) is 16.2. The van der Waals surface area contributed by atoms with E-state index in [-0.39, 0.29) is 23.3 Å². The van der Waals surface area contributed by atoms with E-state index in [1.165, 1.54) is 0 Å². The van der Waals surface area contributed by atoms with Gasteiger partial charge in [0.2, 0.25) is 5.82 Å². The van der Waals surface area contributed by atoms with Crippen molar-refractivity contribution in [3.05, 3.63) is 48.0 Å². The highest BCUT2D eigenvalue weighted by molar-refractivity contribution is 5.90. The van der Waals surface area contributed by atoms with Gasteiger partial charge in [-0.1, -0.05) is 30.3 Å². The predicted octanol–water partition coefficient (Wildman–Crippen LogP) is 2.77. The van der Waals surface area contributed by atoms with Crippen molar-refractivity contribution in [1.29, 1.82) is 0 Å². The minimum absolute atomic E-state index is 0.0774. The van der Waals surface area contributed by atoms with E-state index in [0.717, 1.165) is 31.5 Å². The smallest absolute Gasteiger partial charge is 0.294 e. The van der Waals surface area contributed by atoms with Crippen molar-refractivity contribution in [2.75, 3.05) is 20.1 Å². The maximum Gasteiger partial charge on any atom is 0.294 e. The third-order valence-corrected chi connectivity index (χ3v) is 4.96. The highest BCUT2D eigenvalue weighted by Gasteiger charge is 2.30. The van der Waals surface area contributed by atoms with Crippen LogP contribution in [0.2, 0.25) is 0 Å². The number of likely N-dealkylation sites (tertiary alicyclic amines) is 1. The van der Waals surface area contributed by atoms with Crippen LogP contribution in [0.25, 0.3) is 0 Å². The van der Waals surface area contributed by atoms with E-state index in [1.807, 2.05) is 23.1 Å². The van der Waals surface area contributed by atoms with Gasteiger partial charge in [0.25, 0.3) is 5.91 Å². The summed E-state index contributed by atoms with van der Waals surface area (Å²) in [7, 11) is 2.13. The van der Waals surface area contributed by atoms with Crippen molar-refractivity contribution >= 4 is 5.91 Å². The molecule has 2 aromatic rings. The Bertz CT molecular complexity index is 726. The van der Waals surface area contributed by atoms with E-state index in [0.29, 0.717) is 6.54 Å². The van der Waals surface area contributed by atoms with Gasteiger partial charge >= 0.3 is 0 Å². The zero-order valence-corrected chi connectivity index (χ0v) is 16.2. The molecule has 0 radical (unpaired) electrons. The average molecular weight is 355 g/mol. The molecule has 140 valence electrons. The maximum absolute atomic E-state index is 13.2. The molecule has 1 amide bonds. The van der Waals surface area contributed by atoms with Crippen molar-refractivity contribution < 1.29 is 4.79 Å². The molecule has 0 aliphatic carbocycles. The number of carbonyl (C=O) groups excluding carboxylic acids is 1. The second-order valence-electron chi connectivity index (χ2n) is 8.14. The first-order valence-electron chi connectivity index (χ1n) is 9.30. The lowest BCUT2D eigenvalue weighted by Gasteiger charge is -2.37. The van der Waals surface area contributed by atoms with Gasteiger partial charge in [-0.15, -0.1) is 5.10 Å². The summed E-state index contributed by atoms with van der Waals surface area (Å²) in [5.74, 6) is 0.209. The summed E-state index contributed by atoms with van der Waals surface area (Å²) in [4.78, 5) is 21.8. The third kappa shape index (κ3) is 4.30. The molecule has 3 rings (SSSR count). The Labute approximate surface area is 155 Å². The van der Waals surface area contributed by atoms with Crippen LogP contribution in [-0.4, -0.2) is 56.7 Å². The van der Waals surface area contributed by atoms with Crippen LogP contribution in [0.1, 0.15) is 49.8 Å². The van der Waals surface area contributed by atoms with Crippen LogP contribution in [0.5, 0.6) is 0 Å². The largest absolute Gasteiger partial charge is 0.328 e. The molecule has 1 aromatic heterocycles. The molecular weight excluding hydrogens is 326 g/mol. The molecule has 2 heterocycles. The Hall–Kier alpha value is -2.21. The molecule has 6 heteroatoms. The van der Waals surface area contributed by atoms with E-state index >= 15 is 0 Å². The second-order valence-corrected chi connectivity index (χ2v) is 8.14. The van der Waals surface area contributed by atoms with Gasteiger partial charge < -0.3 is 9.80 Å². The summed E-state index contributed by atoms with van der Waals surface area (Å²) in [5.41, 5.74) is 0.943. The van der Waals surface area contributed by atoms with Gasteiger partial charge in [0, 0.05) is 12.6 Å². The minimum Gasteiger partial charge on any atom is -0.328 e. The zero-order chi connectivity index (χ0) is 18.7. The van der Waals surface area contributed by atoms with Gasteiger partial charge in [0.1, 0.15) is 6.33 Å². The number of nitrogens with zero attached hydrogens (tertiary/aromatic N) is 5. The molecule has 1 aromatic carbocycles. The van der Waals surface area contributed by atoms with Gasteiger partial charge in [0.15, 0.2) is 0 Å². The summed E-state index contributed by atoms with van der Waals surface area (Å²) in [6, 6.07) is 10.4. The molecule has 0 unspecified atom stereocenters. The monoisotopic (exact) mass is 355 g/mol. The summed E-state index contributed by atoms with van der Waals surface area (Å²) in [5, 5.41) is 4.46. The number of aromatic nitrogens is 3. The molecule has 1 saturated heterocycles. The van der Waals surface area contributed by atoms with Crippen molar-refractivity contribution in [2.45, 2.75) is 51.7 Å². The molecule has 0 atom stereocenters. The molecule has 1 aliphatic heterocycles. The summed E-state index contributed by atoms with van der Waals surface area (Å²) in [6.45, 7) is 8.76. The van der Waals surface area contributed by atoms with Crippen molar-refractivity contribution in [2.24, 2.45) is 0 Å². The fourth-order valence-corrected chi connectivity index (χ4v) is 3.27. The SMILES string of the molecule is CN1CCC(N(Cc2ccccc2)C(=O)c2ncn(C(C)(C)C)n2)CC1. The Balaban J connectivity index is 1.84. The van der Waals surface area contributed by atoms with Crippen LogP contribution in [0, 0.1) is 0 Å². The fraction of sp³-hybridized carbons (Fsp3) is 0.550. The van der Waals surface area contributed by atoms with Gasteiger partial charge in [-0.25, -0.2) is 9.67 Å². The summed E-state index contributed by atoms with van der Waals surface area (Å²) >= 11 is 0. The van der Waals surface area contributed by atoms with Crippen LogP contribution < -0.4 is 0 Å². The lowest BCUT2D eigenvalue weighted by molar-refractivity contribution is 0.0556. The minimum atomic E-state index is -0.191. The molecule has 6 nitrogen and oxygen atoms in total. The van der Waals surface area contributed by atoms with Crippen LogP contribution in [0.15, 0.2) is 36.7 Å². The Morgan fingerprint density at radius 2 is 1.85 bits per heavy atom. The quantitative estimate of drug-likeness (QED) is 0.846. The predicted molar refractivity (Wildman–Crippen MR) is 102 cm³/mol. The number of piperidine rings is 1. The lowest BCUT2D eigenvalue weighted by Crippen LogP contribution is -2.46. The molecule has 1 aliphatic rings. The van der Waals surface area contributed by atoms with Crippen LogP contribution in [0.4, 0.5) is 0 Å². The number of hydrogen-bond acceptors (Lipinski definition) is 4.